The summed E-state index contributed by atoms with van der Waals surface area (Å²) in [5.41, 5.74) is 3.19. The zero-order valence-electron chi connectivity index (χ0n) is 17.4. The maximum Gasteiger partial charge on any atom is 0.143 e. The quantitative estimate of drug-likeness (QED) is 0.781. The van der Waals surface area contributed by atoms with Crippen molar-refractivity contribution in [3.63, 3.8) is 0 Å². The molecule has 4 heterocycles. The summed E-state index contributed by atoms with van der Waals surface area (Å²) < 4.78 is 14.1. The molecule has 1 atom stereocenters. The highest BCUT2D eigenvalue weighted by Crippen LogP contribution is 2.46. The van der Waals surface area contributed by atoms with E-state index in [1.54, 1.807) is 18.2 Å². The Kier molecular flexibility index (Phi) is 4.92. The number of hydrogen-bond acceptors (Lipinski definition) is 6. The number of pyridine rings is 2. The van der Waals surface area contributed by atoms with Gasteiger partial charge < -0.3 is 9.80 Å². The normalized spacial score (nSPS) is 24.0. The summed E-state index contributed by atoms with van der Waals surface area (Å²) in [6, 6.07) is 7.84. The van der Waals surface area contributed by atoms with E-state index in [1.165, 1.54) is 44.7 Å². The Morgan fingerprint density at radius 2 is 1.93 bits per heavy atom. The Hall–Kier alpha value is -2.56. The van der Waals surface area contributed by atoms with E-state index in [-0.39, 0.29) is 5.82 Å². The fourth-order valence-corrected chi connectivity index (χ4v) is 5.67. The highest BCUT2D eigenvalue weighted by Gasteiger charge is 2.48. The van der Waals surface area contributed by atoms with Gasteiger partial charge in [-0.25, -0.2) is 9.37 Å². The van der Waals surface area contributed by atoms with Crippen LogP contribution in [0.1, 0.15) is 24.8 Å². The maximum atomic E-state index is 14.1. The van der Waals surface area contributed by atoms with Gasteiger partial charge >= 0.3 is 0 Å². The van der Waals surface area contributed by atoms with Crippen LogP contribution in [0, 0.1) is 22.6 Å². The van der Waals surface area contributed by atoms with Crippen LogP contribution in [0.4, 0.5) is 10.1 Å². The first-order valence-corrected chi connectivity index (χ1v) is 10.7. The average molecular weight is 407 g/mol. The lowest BCUT2D eigenvalue weighted by Gasteiger charge is -2.47. The zero-order chi connectivity index (χ0) is 20.7. The minimum absolute atomic E-state index is 0.336. The second-order valence-electron chi connectivity index (χ2n) is 9.16. The van der Waals surface area contributed by atoms with E-state index in [9.17, 15) is 4.39 Å². The third-order valence-corrected chi connectivity index (χ3v) is 7.03. The zero-order valence-corrected chi connectivity index (χ0v) is 17.4. The van der Waals surface area contributed by atoms with Crippen molar-refractivity contribution in [2.45, 2.75) is 25.3 Å². The number of rotatable bonds is 3. The Morgan fingerprint density at radius 3 is 2.60 bits per heavy atom. The molecule has 3 fully saturated rings. The Morgan fingerprint density at radius 1 is 1.13 bits per heavy atom. The molecule has 2 aromatic rings. The van der Waals surface area contributed by atoms with Crippen molar-refractivity contribution in [1.29, 1.82) is 5.26 Å². The van der Waals surface area contributed by atoms with Crippen molar-refractivity contribution in [3.8, 4) is 17.5 Å². The molecule has 2 aliphatic heterocycles. The van der Waals surface area contributed by atoms with Gasteiger partial charge in [0.25, 0.3) is 0 Å². The molecule has 0 radical (unpaired) electrons. The lowest BCUT2D eigenvalue weighted by Crippen LogP contribution is -2.54. The van der Waals surface area contributed by atoms with Crippen LogP contribution in [0.15, 0.2) is 30.6 Å². The smallest absolute Gasteiger partial charge is 0.143 e. The van der Waals surface area contributed by atoms with Crippen molar-refractivity contribution in [1.82, 2.24) is 19.8 Å². The fraction of sp³-hybridized carbons (Fsp3) is 0.522. The fourth-order valence-electron chi connectivity index (χ4n) is 5.67. The molecule has 1 saturated carbocycles. The Bertz CT molecular complexity index is 955. The average Bonchev–Trinajstić information content (AvgIpc) is 3.19. The maximum absolute atomic E-state index is 14.1. The van der Waals surface area contributed by atoms with E-state index >= 15 is 0 Å². The van der Waals surface area contributed by atoms with Crippen LogP contribution in [0.25, 0.3) is 11.4 Å². The number of likely N-dealkylation sites (tertiary alicyclic amines) is 1. The molecule has 156 valence electrons. The topological polar surface area (TPSA) is 59.3 Å². The molecule has 30 heavy (non-hydrogen) atoms. The molecule has 0 bridgehead atoms. The summed E-state index contributed by atoms with van der Waals surface area (Å²) in [7, 11) is 2.21. The minimum Gasteiger partial charge on any atom is -0.367 e. The number of piperazine rings is 1. The highest BCUT2D eigenvalue weighted by atomic mass is 19.1. The molecule has 5 rings (SSSR count). The lowest BCUT2D eigenvalue weighted by molar-refractivity contribution is 0.0204. The van der Waals surface area contributed by atoms with Crippen molar-refractivity contribution >= 4 is 5.69 Å². The van der Waals surface area contributed by atoms with Gasteiger partial charge in [-0.2, -0.15) is 5.26 Å². The van der Waals surface area contributed by atoms with E-state index in [0.29, 0.717) is 28.4 Å². The summed E-state index contributed by atoms with van der Waals surface area (Å²) in [5, 5.41) is 9.00. The molecule has 3 aliphatic rings. The molecule has 0 aromatic carbocycles. The molecule has 1 spiro atoms. The number of nitriles is 1. The predicted octanol–water partition coefficient (Wildman–Crippen LogP) is 2.76. The number of halogens is 1. The van der Waals surface area contributed by atoms with Gasteiger partial charge in [-0.05, 0) is 43.9 Å². The van der Waals surface area contributed by atoms with Gasteiger partial charge in [0.15, 0.2) is 0 Å². The Balaban J connectivity index is 1.29. The van der Waals surface area contributed by atoms with Gasteiger partial charge in [0.2, 0.25) is 0 Å². The third-order valence-electron chi connectivity index (χ3n) is 7.03. The van der Waals surface area contributed by atoms with E-state index < -0.39 is 0 Å². The van der Waals surface area contributed by atoms with Crippen LogP contribution in [0.3, 0.4) is 0 Å². The summed E-state index contributed by atoms with van der Waals surface area (Å²) in [6.07, 6.45) is 6.75. The lowest BCUT2D eigenvalue weighted by atomic mass is 9.78. The first-order valence-electron chi connectivity index (χ1n) is 10.7. The van der Waals surface area contributed by atoms with Crippen molar-refractivity contribution in [2.75, 3.05) is 51.2 Å². The molecule has 0 N–H and O–H groups in total. The largest absolute Gasteiger partial charge is 0.367 e. The van der Waals surface area contributed by atoms with E-state index in [2.05, 4.69) is 37.8 Å². The molecule has 2 aromatic heterocycles. The molecule has 0 amide bonds. The van der Waals surface area contributed by atoms with Crippen LogP contribution < -0.4 is 4.90 Å². The molecular weight excluding hydrogens is 379 g/mol. The standard InChI is InChI=1S/C23H27FN6/c1-28-15-23(16-28)5-4-19(11-23)29-6-8-30(9-7-29)21-10-18(24)14-27-22(21)20-3-2-17(12-25)13-26-20/h2-3,10,13-14,19H,4-9,11,15-16H2,1H3. The SMILES string of the molecule is CN1CC2(CCC(N3CCN(c4cc(F)cnc4-c4ccc(C#N)cn4)CC3)C2)C1. The van der Waals surface area contributed by atoms with Gasteiger partial charge in [0, 0.05) is 57.6 Å². The first-order chi connectivity index (χ1) is 14.5. The molecule has 2 saturated heterocycles. The van der Waals surface area contributed by atoms with E-state index in [1.807, 2.05) is 0 Å². The summed E-state index contributed by atoms with van der Waals surface area (Å²) in [6.45, 7) is 6.20. The first kappa shape index (κ1) is 19.4. The van der Waals surface area contributed by atoms with Gasteiger partial charge in [0.1, 0.15) is 17.6 Å². The van der Waals surface area contributed by atoms with Crippen molar-refractivity contribution in [3.05, 3.63) is 42.0 Å². The minimum atomic E-state index is -0.336. The molecule has 7 heteroatoms. The van der Waals surface area contributed by atoms with E-state index in [4.69, 9.17) is 5.26 Å². The van der Waals surface area contributed by atoms with Crippen LogP contribution in [-0.2, 0) is 0 Å². The van der Waals surface area contributed by atoms with Crippen molar-refractivity contribution < 1.29 is 4.39 Å². The Labute approximate surface area is 176 Å². The van der Waals surface area contributed by atoms with Gasteiger partial charge in [-0.1, -0.05) is 0 Å². The van der Waals surface area contributed by atoms with Crippen LogP contribution in [0.2, 0.25) is 0 Å². The van der Waals surface area contributed by atoms with E-state index in [0.717, 1.165) is 31.9 Å². The number of nitrogens with zero attached hydrogens (tertiary/aromatic N) is 6. The van der Waals surface area contributed by atoms with Crippen molar-refractivity contribution in [2.24, 2.45) is 5.41 Å². The van der Waals surface area contributed by atoms with Gasteiger partial charge in [0.05, 0.1) is 23.1 Å². The monoisotopic (exact) mass is 406 g/mol. The second kappa shape index (κ2) is 7.60. The second-order valence-corrected chi connectivity index (χ2v) is 9.16. The summed E-state index contributed by atoms with van der Waals surface area (Å²) in [5.74, 6) is -0.336. The van der Waals surface area contributed by atoms with Crippen LogP contribution in [0.5, 0.6) is 0 Å². The van der Waals surface area contributed by atoms with Gasteiger partial charge in [-0.3, -0.25) is 9.88 Å². The summed E-state index contributed by atoms with van der Waals surface area (Å²) in [4.78, 5) is 16.0. The van der Waals surface area contributed by atoms with Gasteiger partial charge in [-0.15, -0.1) is 0 Å². The predicted molar refractivity (Wildman–Crippen MR) is 113 cm³/mol. The third kappa shape index (κ3) is 3.55. The molecule has 1 aliphatic carbocycles. The summed E-state index contributed by atoms with van der Waals surface area (Å²) >= 11 is 0. The van der Waals surface area contributed by atoms with Crippen LogP contribution >= 0.6 is 0 Å². The number of anilines is 1. The highest BCUT2D eigenvalue weighted by molar-refractivity contribution is 5.73. The van der Waals surface area contributed by atoms with Crippen LogP contribution in [-0.4, -0.2) is 72.1 Å². The number of hydrogen-bond donors (Lipinski definition) is 0. The number of aromatic nitrogens is 2. The molecular formula is C23H27FN6. The molecule has 1 unspecified atom stereocenters. The molecule has 6 nitrogen and oxygen atoms in total.